The molecule has 0 unspecified atom stereocenters. The van der Waals surface area contributed by atoms with Gasteiger partial charge in [0.15, 0.2) is 6.61 Å². The summed E-state index contributed by atoms with van der Waals surface area (Å²) < 4.78 is 26.4. The van der Waals surface area contributed by atoms with Gasteiger partial charge in [-0.25, -0.2) is 4.39 Å². The number of halogens is 1. The highest BCUT2D eigenvalue weighted by Crippen LogP contribution is 2.38. The van der Waals surface area contributed by atoms with Gasteiger partial charge in [-0.15, -0.1) is 0 Å². The lowest BCUT2D eigenvalue weighted by Crippen LogP contribution is -2.47. The van der Waals surface area contributed by atoms with E-state index in [0.29, 0.717) is 43.1 Å². The smallest absolute Gasteiger partial charge is 0.250 e. The average molecular weight is 406 g/mol. The van der Waals surface area contributed by atoms with Crippen molar-refractivity contribution in [3.8, 4) is 11.8 Å². The van der Waals surface area contributed by atoms with E-state index in [9.17, 15) is 14.4 Å². The number of hydrogen-bond acceptors (Lipinski definition) is 6. The maximum Gasteiger partial charge on any atom is 0.250 e. The Morgan fingerprint density at radius 1 is 1.20 bits per heavy atom. The number of ether oxygens (including phenoxy) is 1. The van der Waals surface area contributed by atoms with E-state index in [0.717, 1.165) is 12.1 Å². The van der Waals surface area contributed by atoms with E-state index in [1.54, 1.807) is 12.1 Å². The second-order valence-corrected chi connectivity index (χ2v) is 7.72. The minimum Gasteiger partial charge on any atom is -0.484 e. The van der Waals surface area contributed by atoms with Crippen molar-refractivity contribution >= 4 is 5.88 Å². The second-order valence-electron chi connectivity index (χ2n) is 7.72. The lowest BCUT2D eigenvalue weighted by molar-refractivity contribution is 0.254. The fraction of sp³-hybridized carbons (Fsp3) is 0.318. The van der Waals surface area contributed by atoms with Crippen molar-refractivity contribution in [3.05, 3.63) is 75.9 Å². The number of oxazole rings is 1. The van der Waals surface area contributed by atoms with Crippen LogP contribution >= 0.6 is 0 Å². The summed E-state index contributed by atoms with van der Waals surface area (Å²) in [5.74, 6) is 1.37. The molecule has 1 saturated heterocycles. The van der Waals surface area contributed by atoms with E-state index in [4.69, 9.17) is 9.15 Å². The number of nitriles is 1. The third-order valence-corrected chi connectivity index (χ3v) is 5.70. The fourth-order valence-electron chi connectivity index (χ4n) is 4.44. The molecule has 1 aromatic carbocycles. The molecule has 0 saturated carbocycles. The van der Waals surface area contributed by atoms with Gasteiger partial charge in [-0.2, -0.15) is 10.2 Å². The number of benzene rings is 1. The SMILES string of the molecule is N#Cc1nc(COc2ccc(F)cc2)oc1N1C[C@@H]2C[C@H](C1)c1cccc(=O)n1C2. The van der Waals surface area contributed by atoms with E-state index in [-0.39, 0.29) is 29.6 Å². The van der Waals surface area contributed by atoms with Gasteiger partial charge in [-0.05, 0) is 42.7 Å². The van der Waals surface area contributed by atoms with Crippen molar-refractivity contribution in [2.75, 3.05) is 18.0 Å². The molecule has 152 valence electrons. The minimum absolute atomic E-state index is 0.0354. The first-order valence-electron chi connectivity index (χ1n) is 9.83. The molecule has 2 aliphatic heterocycles. The Balaban J connectivity index is 1.36. The average Bonchev–Trinajstić information content (AvgIpc) is 3.17. The second kappa shape index (κ2) is 7.34. The Morgan fingerprint density at radius 3 is 2.83 bits per heavy atom. The van der Waals surface area contributed by atoms with Gasteiger partial charge >= 0.3 is 0 Å². The molecule has 4 heterocycles. The van der Waals surface area contributed by atoms with E-state index >= 15 is 0 Å². The molecule has 2 aromatic heterocycles. The van der Waals surface area contributed by atoms with Gasteiger partial charge < -0.3 is 18.6 Å². The van der Waals surface area contributed by atoms with Crippen molar-refractivity contribution in [2.24, 2.45) is 5.92 Å². The molecule has 0 N–H and O–H groups in total. The highest BCUT2D eigenvalue weighted by atomic mass is 19.1. The number of anilines is 1. The number of hydrogen-bond donors (Lipinski definition) is 0. The topological polar surface area (TPSA) is 84.3 Å². The molecule has 5 rings (SSSR count). The summed E-state index contributed by atoms with van der Waals surface area (Å²) in [5, 5.41) is 9.55. The Morgan fingerprint density at radius 2 is 2.03 bits per heavy atom. The fourth-order valence-corrected chi connectivity index (χ4v) is 4.44. The van der Waals surface area contributed by atoms with Crippen molar-refractivity contribution in [3.63, 3.8) is 0 Å². The van der Waals surface area contributed by atoms with E-state index in [2.05, 4.69) is 11.1 Å². The summed E-state index contributed by atoms with van der Waals surface area (Å²) in [6.07, 6.45) is 1.01. The minimum atomic E-state index is -0.341. The lowest BCUT2D eigenvalue weighted by Gasteiger charge is -2.42. The number of pyridine rings is 1. The third kappa shape index (κ3) is 3.32. The van der Waals surface area contributed by atoms with Crippen molar-refractivity contribution in [1.29, 1.82) is 5.26 Å². The van der Waals surface area contributed by atoms with Crippen LogP contribution in [0, 0.1) is 23.1 Å². The Kier molecular flexibility index (Phi) is 4.51. The zero-order valence-corrected chi connectivity index (χ0v) is 16.1. The van der Waals surface area contributed by atoms with Crippen molar-refractivity contribution in [1.82, 2.24) is 9.55 Å². The molecule has 0 aliphatic carbocycles. The first kappa shape index (κ1) is 18.4. The van der Waals surface area contributed by atoms with Crippen LogP contribution in [0.1, 0.15) is 29.6 Å². The van der Waals surface area contributed by atoms with Crippen LogP contribution < -0.4 is 15.2 Å². The molecule has 2 aliphatic rings. The van der Waals surface area contributed by atoms with Crippen LogP contribution in [0.3, 0.4) is 0 Å². The summed E-state index contributed by atoms with van der Waals surface area (Å²) >= 11 is 0. The van der Waals surface area contributed by atoms with Gasteiger partial charge in [0.2, 0.25) is 17.5 Å². The number of fused-ring (bicyclic) bond motifs is 4. The number of aromatic nitrogens is 2. The highest BCUT2D eigenvalue weighted by molar-refractivity contribution is 5.49. The van der Waals surface area contributed by atoms with Crippen LogP contribution in [0.15, 0.2) is 51.7 Å². The Bertz CT molecular complexity index is 1180. The molecule has 0 amide bonds. The maximum absolute atomic E-state index is 13.0. The van der Waals surface area contributed by atoms with Crippen molar-refractivity contribution in [2.45, 2.75) is 25.5 Å². The van der Waals surface area contributed by atoms with Gasteiger partial charge in [-0.3, -0.25) is 4.79 Å². The van der Waals surface area contributed by atoms with Gasteiger partial charge in [-0.1, -0.05) is 6.07 Å². The Labute approximate surface area is 171 Å². The molecular weight excluding hydrogens is 387 g/mol. The first-order valence-corrected chi connectivity index (χ1v) is 9.83. The van der Waals surface area contributed by atoms with Gasteiger partial charge in [0.1, 0.15) is 17.6 Å². The summed E-state index contributed by atoms with van der Waals surface area (Å²) in [6.45, 7) is 2.05. The lowest BCUT2D eigenvalue weighted by atomic mass is 9.83. The zero-order chi connectivity index (χ0) is 20.7. The van der Waals surface area contributed by atoms with Crippen LogP contribution in [0.5, 0.6) is 5.75 Å². The van der Waals surface area contributed by atoms with E-state index in [1.165, 1.54) is 24.3 Å². The van der Waals surface area contributed by atoms with Crippen LogP contribution in [-0.2, 0) is 13.2 Å². The summed E-state index contributed by atoms with van der Waals surface area (Å²) in [6, 6.07) is 13.2. The van der Waals surface area contributed by atoms with Gasteiger partial charge in [0, 0.05) is 37.3 Å². The summed E-state index contributed by atoms with van der Waals surface area (Å²) in [4.78, 5) is 18.5. The number of nitrogens with zero attached hydrogens (tertiary/aromatic N) is 4. The molecular formula is C22H19FN4O3. The molecule has 7 nitrogen and oxygen atoms in total. The highest BCUT2D eigenvalue weighted by Gasteiger charge is 2.36. The molecule has 0 spiro atoms. The predicted molar refractivity (Wildman–Crippen MR) is 106 cm³/mol. The van der Waals surface area contributed by atoms with Crippen LogP contribution in [0.2, 0.25) is 0 Å². The van der Waals surface area contributed by atoms with Crippen LogP contribution in [0.4, 0.5) is 10.3 Å². The van der Waals surface area contributed by atoms with E-state index < -0.39 is 0 Å². The monoisotopic (exact) mass is 406 g/mol. The summed E-state index contributed by atoms with van der Waals surface area (Å²) in [5.41, 5.74) is 1.28. The molecule has 8 heteroatoms. The van der Waals surface area contributed by atoms with Gasteiger partial charge in [0.05, 0.1) is 0 Å². The third-order valence-electron chi connectivity index (χ3n) is 5.70. The zero-order valence-electron chi connectivity index (χ0n) is 16.1. The molecule has 2 bridgehead atoms. The quantitative estimate of drug-likeness (QED) is 0.662. The molecule has 3 aromatic rings. The van der Waals surface area contributed by atoms with Crippen LogP contribution in [0.25, 0.3) is 0 Å². The number of rotatable bonds is 4. The molecule has 0 radical (unpaired) electrons. The van der Waals surface area contributed by atoms with Crippen molar-refractivity contribution < 1.29 is 13.5 Å². The molecule has 2 atom stereocenters. The van der Waals surface area contributed by atoms with E-state index in [1.807, 2.05) is 15.5 Å². The molecule has 1 fully saturated rings. The normalized spacial score (nSPS) is 19.8. The molecule has 30 heavy (non-hydrogen) atoms. The van der Waals surface area contributed by atoms with Gasteiger partial charge in [0.25, 0.3) is 5.56 Å². The summed E-state index contributed by atoms with van der Waals surface area (Å²) in [7, 11) is 0. The largest absolute Gasteiger partial charge is 0.484 e. The standard InChI is InChI=1S/C22H19FN4O3/c23-16-4-6-17(7-5-16)29-13-20-25-18(9-24)22(30-20)26-10-14-8-15(12-26)19-2-1-3-21(28)27(19)11-14/h1-7,14-15H,8,10-13H2/t14-,15+/m0/s1. The first-order chi connectivity index (χ1) is 14.6. The maximum atomic E-state index is 13.0. The predicted octanol–water partition coefficient (Wildman–Crippen LogP) is 3.05. The number of piperidine rings is 1. The van der Waals surface area contributed by atoms with Crippen LogP contribution in [-0.4, -0.2) is 22.6 Å². The Hall–Kier alpha value is -3.60.